The molecule has 0 saturated heterocycles. The predicted molar refractivity (Wildman–Crippen MR) is 89.6 cm³/mol. The summed E-state index contributed by atoms with van der Waals surface area (Å²) in [7, 11) is -3.98. The molecular weight excluding hydrogens is 348 g/mol. The van der Waals surface area contributed by atoms with Crippen LogP contribution in [0.4, 0.5) is 5.69 Å². The van der Waals surface area contributed by atoms with E-state index in [2.05, 4.69) is 0 Å². The third-order valence-electron chi connectivity index (χ3n) is 3.59. The van der Waals surface area contributed by atoms with Gasteiger partial charge in [0.15, 0.2) is 0 Å². The molecule has 8 nitrogen and oxygen atoms in total. The number of nitrogens with zero attached hydrogens (tertiary/aromatic N) is 1. The number of phenolic OH excluding ortho intramolecular Hbond substituents is 1. The molecule has 1 aliphatic rings. The number of carboxylic acids is 1. The van der Waals surface area contributed by atoms with Gasteiger partial charge in [0.05, 0.1) is 11.8 Å². The molecule has 0 aliphatic carbocycles. The van der Waals surface area contributed by atoms with Crippen molar-refractivity contribution >= 4 is 21.9 Å². The number of benzene rings is 2. The number of hydrogen-bond acceptors (Lipinski definition) is 5. The third kappa shape index (κ3) is 3.36. The molecule has 0 saturated carbocycles. The van der Waals surface area contributed by atoms with Crippen LogP contribution in [0.2, 0.25) is 0 Å². The number of carbonyl (C=O) groups is 1. The van der Waals surface area contributed by atoms with Gasteiger partial charge >= 0.3 is 16.2 Å². The van der Waals surface area contributed by atoms with Gasteiger partial charge in [0, 0.05) is 0 Å². The van der Waals surface area contributed by atoms with E-state index in [1.807, 2.05) is 4.72 Å². The fourth-order valence-electron chi connectivity index (χ4n) is 2.50. The molecule has 1 aliphatic heterocycles. The zero-order chi connectivity index (χ0) is 18.2. The molecule has 0 unspecified atom stereocenters. The summed E-state index contributed by atoms with van der Waals surface area (Å²) in [6.45, 7) is 0. The van der Waals surface area contributed by atoms with Gasteiger partial charge in [0.2, 0.25) is 5.88 Å². The van der Waals surface area contributed by atoms with Gasteiger partial charge in [0.25, 0.3) is 0 Å². The van der Waals surface area contributed by atoms with Crippen LogP contribution >= 0.6 is 0 Å². The highest BCUT2D eigenvalue weighted by molar-refractivity contribution is 7.91. The Morgan fingerprint density at radius 3 is 2.40 bits per heavy atom. The maximum atomic E-state index is 11.8. The Balaban J connectivity index is 1.88. The number of nitrogens with one attached hydrogen (secondary N) is 1. The molecule has 9 heteroatoms. The van der Waals surface area contributed by atoms with E-state index in [4.69, 9.17) is 5.11 Å². The van der Waals surface area contributed by atoms with Crippen molar-refractivity contribution in [3.05, 3.63) is 71.2 Å². The zero-order valence-corrected chi connectivity index (χ0v) is 13.6. The minimum Gasteiger partial charge on any atom is -0.506 e. The first-order chi connectivity index (χ1) is 11.8. The highest BCUT2D eigenvalue weighted by Crippen LogP contribution is 2.33. The first-order valence-corrected chi connectivity index (χ1v) is 8.57. The Kier molecular flexibility index (Phi) is 4.01. The summed E-state index contributed by atoms with van der Waals surface area (Å²) in [5, 5.41) is 28.5. The van der Waals surface area contributed by atoms with Crippen LogP contribution in [-0.4, -0.2) is 29.7 Å². The number of aliphatic hydroxyl groups excluding tert-OH is 1. The van der Waals surface area contributed by atoms with Crippen molar-refractivity contribution in [2.75, 3.05) is 4.31 Å². The van der Waals surface area contributed by atoms with Gasteiger partial charge in [-0.25, -0.2) is 13.8 Å². The second-order valence-corrected chi connectivity index (χ2v) is 6.97. The summed E-state index contributed by atoms with van der Waals surface area (Å²) in [4.78, 5) is 11.0. The van der Waals surface area contributed by atoms with Crippen LogP contribution in [0.1, 0.15) is 21.5 Å². The Morgan fingerprint density at radius 1 is 1.08 bits per heavy atom. The molecule has 0 amide bonds. The fourth-order valence-corrected chi connectivity index (χ4v) is 3.57. The summed E-state index contributed by atoms with van der Waals surface area (Å²) >= 11 is 0. The van der Waals surface area contributed by atoms with Gasteiger partial charge in [-0.05, 0) is 41.8 Å². The van der Waals surface area contributed by atoms with Crippen molar-refractivity contribution in [3.63, 3.8) is 0 Å². The molecule has 25 heavy (non-hydrogen) atoms. The Morgan fingerprint density at radius 2 is 1.80 bits per heavy atom. The maximum absolute atomic E-state index is 11.8. The van der Waals surface area contributed by atoms with E-state index in [-0.39, 0.29) is 17.0 Å². The summed E-state index contributed by atoms with van der Waals surface area (Å²) in [6.07, 6.45) is 1.31. The minimum absolute atomic E-state index is 0.0143. The molecule has 2 aromatic rings. The van der Waals surface area contributed by atoms with Crippen LogP contribution in [0.3, 0.4) is 0 Å². The molecule has 3 rings (SSSR count). The molecule has 4 N–H and O–H groups in total. The first kappa shape index (κ1) is 16.7. The van der Waals surface area contributed by atoms with Gasteiger partial charge in [-0.15, -0.1) is 0 Å². The lowest BCUT2D eigenvalue weighted by Gasteiger charge is -2.16. The highest BCUT2D eigenvalue weighted by atomic mass is 32.2. The standard InChI is InChI=1S/C16H14N2O6S/c19-14-8-11(6-10-2-1-3-12(7-10)16(21)22)4-5-13(14)18-9-15(20)17-25(18,23)24/h1-5,7-9,17,19-20H,6H2,(H,21,22). The van der Waals surface area contributed by atoms with E-state index in [1.54, 1.807) is 18.2 Å². The van der Waals surface area contributed by atoms with E-state index >= 15 is 0 Å². The lowest BCUT2D eigenvalue weighted by atomic mass is 10.0. The predicted octanol–water partition coefficient (Wildman–Crippen LogP) is 1.69. The van der Waals surface area contributed by atoms with Gasteiger partial charge < -0.3 is 15.3 Å². The van der Waals surface area contributed by atoms with Crippen molar-refractivity contribution in [1.82, 2.24) is 4.72 Å². The topological polar surface area (TPSA) is 127 Å². The monoisotopic (exact) mass is 362 g/mol. The lowest BCUT2D eigenvalue weighted by Crippen LogP contribution is -2.29. The van der Waals surface area contributed by atoms with Gasteiger partial charge in [-0.3, -0.25) is 0 Å². The van der Waals surface area contributed by atoms with Crippen LogP contribution in [0, 0.1) is 0 Å². The second-order valence-electron chi connectivity index (χ2n) is 5.42. The van der Waals surface area contributed by atoms with Crippen LogP contribution in [0.15, 0.2) is 54.5 Å². The smallest absolute Gasteiger partial charge is 0.335 e. The van der Waals surface area contributed by atoms with Crippen molar-refractivity contribution in [2.24, 2.45) is 0 Å². The van der Waals surface area contributed by atoms with Crippen molar-refractivity contribution in [2.45, 2.75) is 6.42 Å². The average molecular weight is 362 g/mol. The number of aliphatic hydroxyl groups is 1. The average Bonchev–Trinajstić information content (AvgIpc) is 2.80. The molecular formula is C16H14N2O6S. The van der Waals surface area contributed by atoms with Gasteiger partial charge in [-0.1, -0.05) is 18.2 Å². The summed E-state index contributed by atoms with van der Waals surface area (Å²) < 4.78 is 26.3. The Hall–Kier alpha value is -3.20. The van der Waals surface area contributed by atoms with E-state index in [1.165, 1.54) is 24.3 Å². The van der Waals surface area contributed by atoms with Gasteiger partial charge in [-0.2, -0.15) is 8.42 Å². The molecule has 130 valence electrons. The number of anilines is 1. The van der Waals surface area contributed by atoms with Crippen molar-refractivity contribution in [3.8, 4) is 5.75 Å². The summed E-state index contributed by atoms with van der Waals surface area (Å²) in [5.74, 6) is -1.87. The number of aromatic hydroxyl groups is 1. The molecule has 0 bridgehead atoms. The van der Waals surface area contributed by atoms with Crippen molar-refractivity contribution < 1.29 is 28.5 Å². The molecule has 0 atom stereocenters. The Labute approximate surface area is 143 Å². The molecule has 0 fully saturated rings. The SMILES string of the molecule is O=C(O)c1cccc(Cc2ccc(N3C=C(O)NS3(=O)=O)c(O)c2)c1. The molecule has 1 heterocycles. The van der Waals surface area contributed by atoms with Crippen LogP contribution in [0.5, 0.6) is 5.75 Å². The van der Waals surface area contributed by atoms with Crippen LogP contribution in [0.25, 0.3) is 0 Å². The largest absolute Gasteiger partial charge is 0.506 e. The van der Waals surface area contributed by atoms with E-state index in [0.29, 0.717) is 12.0 Å². The number of rotatable bonds is 4. The van der Waals surface area contributed by atoms with Gasteiger partial charge in [0.1, 0.15) is 11.4 Å². The minimum atomic E-state index is -3.98. The van der Waals surface area contributed by atoms with E-state index < -0.39 is 22.1 Å². The lowest BCUT2D eigenvalue weighted by molar-refractivity contribution is 0.0696. The van der Waals surface area contributed by atoms with Crippen LogP contribution in [-0.2, 0) is 16.6 Å². The quantitative estimate of drug-likeness (QED) is 0.655. The number of hydrogen-bond donors (Lipinski definition) is 4. The van der Waals surface area contributed by atoms with Crippen molar-refractivity contribution in [1.29, 1.82) is 0 Å². The Bertz CT molecular complexity index is 984. The number of carboxylic acid groups (broad SMARTS) is 1. The number of aromatic carboxylic acids is 1. The third-order valence-corrected chi connectivity index (χ3v) is 4.88. The normalized spacial score (nSPS) is 15.5. The second kappa shape index (κ2) is 6.02. The highest BCUT2D eigenvalue weighted by Gasteiger charge is 2.30. The molecule has 2 aromatic carbocycles. The molecule has 0 spiro atoms. The number of phenols is 1. The first-order valence-electron chi connectivity index (χ1n) is 7.13. The molecule has 0 aromatic heterocycles. The van der Waals surface area contributed by atoms with Crippen LogP contribution < -0.4 is 9.03 Å². The van der Waals surface area contributed by atoms with E-state index in [0.717, 1.165) is 16.1 Å². The van der Waals surface area contributed by atoms with E-state index in [9.17, 15) is 23.4 Å². The summed E-state index contributed by atoms with van der Waals surface area (Å²) in [6, 6.07) is 10.8. The molecule has 0 radical (unpaired) electrons. The maximum Gasteiger partial charge on any atom is 0.335 e. The zero-order valence-electron chi connectivity index (χ0n) is 12.7. The summed E-state index contributed by atoms with van der Waals surface area (Å²) in [5.41, 5.74) is 1.55. The fraction of sp³-hybridized carbons (Fsp3) is 0.0625.